The third kappa shape index (κ3) is 3.37. The van der Waals surface area contributed by atoms with Crippen LogP contribution in [-0.4, -0.2) is 28.5 Å². The molecule has 0 amide bonds. The Balaban J connectivity index is 2.26. The fourth-order valence-corrected chi connectivity index (χ4v) is 3.43. The number of aryl methyl sites for hydroxylation is 1. The number of hydrogen-bond acceptors (Lipinski definition) is 5. The fourth-order valence-electron chi connectivity index (χ4n) is 1.68. The van der Waals surface area contributed by atoms with Crippen LogP contribution < -0.4 is 4.72 Å². The van der Waals surface area contributed by atoms with Gasteiger partial charge >= 0.3 is 0 Å². The molecular weight excluding hydrogens is 384 g/mol. The number of para-hydroxylation sites is 1. The molecule has 0 atom stereocenters. The van der Waals surface area contributed by atoms with Crippen LogP contribution in [0.15, 0.2) is 27.7 Å². The average molecular weight is 396 g/mol. The van der Waals surface area contributed by atoms with E-state index in [0.717, 1.165) is 0 Å². The number of phenolic OH excluding ortho intramolecular Hbond substituents is 1. The summed E-state index contributed by atoms with van der Waals surface area (Å²) in [5.74, 6) is -0.479. The summed E-state index contributed by atoms with van der Waals surface area (Å²) in [5, 5.41) is 17.4. The number of aromatic nitrogens is 3. The Morgan fingerprint density at radius 1 is 1.48 bits per heavy atom. The molecule has 7 nitrogen and oxygen atoms in total. The van der Waals surface area contributed by atoms with Crippen LogP contribution in [0, 0.1) is 0 Å². The predicted octanol–water partition coefficient (Wildman–Crippen LogP) is 1.90. The quantitative estimate of drug-likeness (QED) is 0.806. The first-order chi connectivity index (χ1) is 9.86. The highest BCUT2D eigenvalue weighted by Crippen LogP contribution is 2.30. The molecular formula is C11H12BrClN4O3S. The smallest absolute Gasteiger partial charge is 0.244 e. The zero-order valence-corrected chi connectivity index (χ0v) is 14.1. The molecule has 0 aliphatic heterocycles. The Morgan fingerprint density at radius 3 is 2.86 bits per heavy atom. The minimum atomic E-state index is -3.91. The van der Waals surface area contributed by atoms with Gasteiger partial charge in [-0.2, -0.15) is 0 Å². The van der Waals surface area contributed by atoms with Crippen molar-refractivity contribution in [3.8, 4) is 5.75 Å². The van der Waals surface area contributed by atoms with Crippen LogP contribution in [-0.2, 0) is 23.1 Å². The van der Waals surface area contributed by atoms with Crippen molar-refractivity contribution in [1.29, 1.82) is 0 Å². The van der Waals surface area contributed by atoms with Gasteiger partial charge in [0.05, 0.1) is 17.3 Å². The minimum absolute atomic E-state index is 0.0181. The third-order valence-corrected chi connectivity index (χ3v) is 5.11. The number of aromatic hydroxyl groups is 1. The fraction of sp³-hybridized carbons (Fsp3) is 0.273. The molecule has 2 rings (SSSR count). The van der Waals surface area contributed by atoms with E-state index in [1.165, 1.54) is 18.2 Å². The second-order valence-corrected chi connectivity index (χ2v) is 6.95. The summed E-state index contributed by atoms with van der Waals surface area (Å²) in [6, 6.07) is 4.13. The highest BCUT2D eigenvalue weighted by Gasteiger charge is 2.21. The number of nitrogens with zero attached hydrogens (tertiary/aromatic N) is 3. The molecule has 0 spiro atoms. The normalized spacial score (nSPS) is 11.8. The molecule has 0 saturated heterocycles. The molecule has 0 radical (unpaired) electrons. The molecule has 1 aromatic carbocycles. The van der Waals surface area contributed by atoms with E-state index in [2.05, 4.69) is 31.0 Å². The molecule has 0 fully saturated rings. The van der Waals surface area contributed by atoms with Crippen molar-refractivity contribution < 1.29 is 13.5 Å². The third-order valence-electron chi connectivity index (χ3n) is 2.76. The van der Waals surface area contributed by atoms with Gasteiger partial charge in [-0.15, -0.1) is 5.10 Å². The maximum atomic E-state index is 12.2. The van der Waals surface area contributed by atoms with Gasteiger partial charge in [-0.1, -0.05) is 22.9 Å². The predicted molar refractivity (Wildman–Crippen MR) is 80.5 cm³/mol. The maximum Gasteiger partial charge on any atom is 0.244 e. The molecule has 10 heteroatoms. The first-order valence-electron chi connectivity index (χ1n) is 5.91. The molecule has 1 aromatic heterocycles. The molecule has 0 bridgehead atoms. The monoisotopic (exact) mass is 394 g/mol. The zero-order valence-electron chi connectivity index (χ0n) is 10.9. The maximum absolute atomic E-state index is 12.2. The Hall–Kier alpha value is -1.16. The van der Waals surface area contributed by atoms with E-state index in [4.69, 9.17) is 11.6 Å². The van der Waals surface area contributed by atoms with E-state index in [9.17, 15) is 13.5 Å². The molecule has 2 aromatic rings. The van der Waals surface area contributed by atoms with E-state index >= 15 is 0 Å². The van der Waals surface area contributed by atoms with Crippen molar-refractivity contribution >= 4 is 37.6 Å². The van der Waals surface area contributed by atoms with Crippen LogP contribution in [0.25, 0.3) is 0 Å². The van der Waals surface area contributed by atoms with E-state index in [1.54, 1.807) is 4.68 Å². The lowest BCUT2D eigenvalue weighted by Crippen LogP contribution is -2.25. The van der Waals surface area contributed by atoms with Crippen LogP contribution >= 0.6 is 27.5 Å². The Bertz CT molecular complexity index is 763. The van der Waals surface area contributed by atoms with Crippen molar-refractivity contribution in [3.63, 3.8) is 0 Å². The number of rotatable bonds is 5. The second kappa shape index (κ2) is 6.30. The van der Waals surface area contributed by atoms with E-state index in [1.807, 2.05) is 6.92 Å². The van der Waals surface area contributed by atoms with E-state index < -0.39 is 15.8 Å². The number of hydrogen-bond donors (Lipinski definition) is 2. The largest absolute Gasteiger partial charge is 0.505 e. The SMILES string of the molecule is CCn1nnc(Br)c1CNS(=O)(=O)c1cccc(Cl)c1O. The van der Waals surface area contributed by atoms with Gasteiger partial charge < -0.3 is 5.11 Å². The van der Waals surface area contributed by atoms with Gasteiger partial charge in [0.15, 0.2) is 10.4 Å². The summed E-state index contributed by atoms with van der Waals surface area (Å²) in [5.41, 5.74) is 0.586. The Kier molecular flexibility index (Phi) is 4.87. The Morgan fingerprint density at radius 2 is 2.19 bits per heavy atom. The van der Waals surface area contributed by atoms with Gasteiger partial charge in [0, 0.05) is 6.54 Å². The molecule has 0 aliphatic carbocycles. The van der Waals surface area contributed by atoms with Gasteiger partial charge in [0.2, 0.25) is 10.0 Å². The van der Waals surface area contributed by atoms with Crippen LogP contribution in [0.1, 0.15) is 12.6 Å². The van der Waals surface area contributed by atoms with Crippen LogP contribution in [0.4, 0.5) is 0 Å². The number of sulfonamides is 1. The molecule has 2 N–H and O–H groups in total. The van der Waals surface area contributed by atoms with Crippen molar-refractivity contribution in [2.45, 2.75) is 24.9 Å². The van der Waals surface area contributed by atoms with Gasteiger partial charge in [0.1, 0.15) is 4.90 Å². The highest BCUT2D eigenvalue weighted by molar-refractivity contribution is 9.10. The van der Waals surface area contributed by atoms with Crippen molar-refractivity contribution in [1.82, 2.24) is 19.7 Å². The van der Waals surface area contributed by atoms with Crippen LogP contribution in [0.2, 0.25) is 5.02 Å². The highest BCUT2D eigenvalue weighted by atomic mass is 79.9. The minimum Gasteiger partial charge on any atom is -0.505 e. The second-order valence-electron chi connectivity index (χ2n) is 4.05. The number of phenols is 1. The lowest BCUT2D eigenvalue weighted by atomic mass is 10.3. The lowest BCUT2D eigenvalue weighted by molar-refractivity contribution is 0.458. The topological polar surface area (TPSA) is 97.1 Å². The molecule has 0 saturated carbocycles. The lowest BCUT2D eigenvalue weighted by Gasteiger charge is -2.09. The van der Waals surface area contributed by atoms with Gasteiger partial charge in [-0.05, 0) is 35.0 Å². The summed E-state index contributed by atoms with van der Waals surface area (Å²) < 4.78 is 28.8. The number of halogens is 2. The van der Waals surface area contributed by atoms with Crippen molar-refractivity contribution in [2.24, 2.45) is 0 Å². The van der Waals surface area contributed by atoms with Crippen LogP contribution in [0.5, 0.6) is 5.75 Å². The number of nitrogens with one attached hydrogen (secondary N) is 1. The zero-order chi connectivity index (χ0) is 15.6. The first-order valence-corrected chi connectivity index (χ1v) is 8.57. The van der Waals surface area contributed by atoms with Crippen molar-refractivity contribution in [3.05, 3.63) is 33.5 Å². The number of benzene rings is 1. The Labute approximate surface area is 135 Å². The molecule has 114 valence electrons. The summed E-state index contributed by atoms with van der Waals surface area (Å²) in [6.07, 6.45) is 0. The summed E-state index contributed by atoms with van der Waals surface area (Å²) in [4.78, 5) is -0.276. The van der Waals surface area contributed by atoms with Crippen LogP contribution in [0.3, 0.4) is 0 Å². The van der Waals surface area contributed by atoms with Gasteiger partial charge in [-0.25, -0.2) is 17.8 Å². The molecule has 0 aliphatic rings. The summed E-state index contributed by atoms with van der Waals surface area (Å²) >= 11 is 8.93. The summed E-state index contributed by atoms with van der Waals surface area (Å²) in [7, 11) is -3.91. The molecule has 1 heterocycles. The molecule has 0 unspecified atom stereocenters. The first kappa shape index (κ1) is 16.2. The van der Waals surface area contributed by atoms with Gasteiger partial charge in [0.25, 0.3) is 0 Å². The van der Waals surface area contributed by atoms with E-state index in [0.29, 0.717) is 16.8 Å². The average Bonchev–Trinajstić information content (AvgIpc) is 2.80. The standard InChI is InChI=1S/C11H12BrClN4O3S/c1-2-17-8(11(12)15-16-17)6-14-21(19,20)9-5-3-4-7(13)10(9)18/h3-5,14,18H,2,6H2,1H3. The van der Waals surface area contributed by atoms with Crippen molar-refractivity contribution in [2.75, 3.05) is 0 Å². The van der Waals surface area contributed by atoms with E-state index in [-0.39, 0.29) is 16.5 Å². The molecule has 21 heavy (non-hydrogen) atoms. The van der Waals surface area contributed by atoms with Gasteiger partial charge in [-0.3, -0.25) is 0 Å². The summed E-state index contributed by atoms with van der Waals surface area (Å²) in [6.45, 7) is 2.40.